The summed E-state index contributed by atoms with van der Waals surface area (Å²) in [6.07, 6.45) is -3.27. The molecular formula is C12H10F3NO2. The number of esters is 1. The number of alkyl halides is 3. The zero-order chi connectivity index (χ0) is 14.2. The van der Waals surface area contributed by atoms with Gasteiger partial charge >= 0.3 is 12.1 Å². The Morgan fingerprint density at radius 2 is 2.11 bits per heavy atom. The minimum atomic E-state index is -4.37. The quantitative estimate of drug-likeness (QED) is 0.573. The average molecular weight is 257 g/mol. The van der Waals surface area contributed by atoms with Crippen LogP contribution in [-0.2, 0) is 15.7 Å². The van der Waals surface area contributed by atoms with Crippen molar-refractivity contribution in [3.8, 4) is 6.07 Å². The normalized spacial score (nSPS) is 9.50. The van der Waals surface area contributed by atoms with Crippen molar-refractivity contribution in [2.45, 2.75) is 13.1 Å². The number of hydrogen-bond donors (Lipinski definition) is 0. The van der Waals surface area contributed by atoms with Crippen molar-refractivity contribution in [1.82, 2.24) is 0 Å². The molecule has 0 unspecified atom stereocenters. The number of carbonyl (C=O) groups excluding carboxylic acids is 1. The van der Waals surface area contributed by atoms with Crippen LogP contribution < -0.4 is 0 Å². The fourth-order valence-corrected chi connectivity index (χ4v) is 0.882. The molecule has 0 atom stereocenters. The number of nitriles is 1. The number of benzene rings is 1. The van der Waals surface area contributed by atoms with Crippen LogP contribution in [0.3, 0.4) is 0 Å². The molecule has 0 radical (unpaired) electrons. The molecular weight excluding hydrogens is 247 g/mol. The van der Waals surface area contributed by atoms with Crippen molar-refractivity contribution >= 4 is 5.97 Å². The Labute approximate surface area is 102 Å². The molecule has 0 aromatic heterocycles. The number of halogens is 3. The van der Waals surface area contributed by atoms with Gasteiger partial charge in [-0.1, -0.05) is 12.6 Å². The fraction of sp³-hybridized carbons (Fsp3) is 0.167. The Kier molecular flexibility index (Phi) is 6.21. The largest absolute Gasteiger partial charge is 0.435 e. The minimum absolute atomic E-state index is 0.0184. The Bertz CT molecular complexity index is 461. The van der Waals surface area contributed by atoms with Crippen molar-refractivity contribution in [3.63, 3.8) is 0 Å². The van der Waals surface area contributed by atoms with Gasteiger partial charge in [-0.2, -0.15) is 18.4 Å². The Hall–Kier alpha value is -2.29. The van der Waals surface area contributed by atoms with E-state index >= 15 is 0 Å². The van der Waals surface area contributed by atoms with Crippen LogP contribution in [0.4, 0.5) is 13.2 Å². The molecule has 1 aromatic carbocycles. The van der Waals surface area contributed by atoms with Gasteiger partial charge in [0.15, 0.2) is 0 Å². The third-order valence-corrected chi connectivity index (χ3v) is 1.57. The second kappa shape index (κ2) is 7.12. The van der Waals surface area contributed by atoms with Crippen molar-refractivity contribution in [2.24, 2.45) is 0 Å². The molecule has 0 heterocycles. The fourth-order valence-electron chi connectivity index (χ4n) is 0.882. The number of ether oxygens (including phenoxy) is 1. The van der Waals surface area contributed by atoms with Crippen molar-refractivity contribution in [1.29, 1.82) is 5.26 Å². The van der Waals surface area contributed by atoms with Crippen molar-refractivity contribution in [3.05, 3.63) is 48.2 Å². The lowest BCUT2D eigenvalue weighted by Gasteiger charge is -2.05. The molecule has 0 bridgehead atoms. The van der Waals surface area contributed by atoms with Crippen molar-refractivity contribution < 1.29 is 22.7 Å². The first-order chi connectivity index (χ1) is 8.31. The van der Waals surface area contributed by atoms with Gasteiger partial charge in [0.05, 0.1) is 23.5 Å². The maximum absolute atomic E-state index is 12.0. The third-order valence-electron chi connectivity index (χ3n) is 1.57. The van der Waals surface area contributed by atoms with E-state index in [4.69, 9.17) is 5.26 Å². The monoisotopic (exact) mass is 257 g/mol. The summed E-state index contributed by atoms with van der Waals surface area (Å²) in [5.41, 5.74) is -0.772. The predicted molar refractivity (Wildman–Crippen MR) is 58.1 cm³/mol. The highest BCUT2D eigenvalue weighted by molar-refractivity contribution is 5.66. The van der Waals surface area contributed by atoms with Crippen LogP contribution in [0.2, 0.25) is 0 Å². The first-order valence-corrected chi connectivity index (χ1v) is 4.66. The van der Waals surface area contributed by atoms with E-state index in [2.05, 4.69) is 11.3 Å². The van der Waals surface area contributed by atoms with E-state index in [0.717, 1.165) is 18.4 Å². The number of rotatable bonds is 1. The molecule has 18 heavy (non-hydrogen) atoms. The Balaban J connectivity index is 0.000000411. The molecule has 0 saturated carbocycles. The van der Waals surface area contributed by atoms with Gasteiger partial charge in [0.25, 0.3) is 0 Å². The highest BCUT2D eigenvalue weighted by Gasteiger charge is 2.30. The molecule has 6 heteroatoms. The topological polar surface area (TPSA) is 50.1 Å². The lowest BCUT2D eigenvalue weighted by Crippen LogP contribution is -2.04. The molecule has 1 rings (SSSR count). The smallest absolute Gasteiger partial charge is 0.416 e. The first kappa shape index (κ1) is 15.7. The summed E-state index contributed by atoms with van der Waals surface area (Å²) in [5, 5.41) is 8.31. The van der Waals surface area contributed by atoms with Crippen LogP contribution in [0.25, 0.3) is 0 Å². The summed E-state index contributed by atoms with van der Waals surface area (Å²) in [6.45, 7) is 4.48. The molecule has 3 nitrogen and oxygen atoms in total. The Morgan fingerprint density at radius 3 is 2.44 bits per heavy atom. The van der Waals surface area contributed by atoms with Crippen molar-refractivity contribution in [2.75, 3.05) is 0 Å². The van der Waals surface area contributed by atoms with Crippen LogP contribution in [0.5, 0.6) is 0 Å². The maximum Gasteiger partial charge on any atom is 0.416 e. The van der Waals surface area contributed by atoms with E-state index < -0.39 is 11.7 Å². The molecule has 0 aliphatic carbocycles. The molecule has 0 aliphatic rings. The van der Waals surface area contributed by atoms with Gasteiger partial charge in [-0.15, -0.1) is 0 Å². The second-order valence-corrected chi connectivity index (χ2v) is 2.97. The van der Waals surface area contributed by atoms with E-state index in [1.54, 1.807) is 6.07 Å². The predicted octanol–water partition coefficient (Wildman–Crippen LogP) is 3.27. The van der Waals surface area contributed by atoms with Gasteiger partial charge < -0.3 is 4.74 Å². The van der Waals surface area contributed by atoms with E-state index in [0.29, 0.717) is 0 Å². The maximum atomic E-state index is 12.0. The summed E-state index contributed by atoms with van der Waals surface area (Å²) in [4.78, 5) is 9.75. The number of hydrogen-bond acceptors (Lipinski definition) is 3. The van der Waals surface area contributed by atoms with Gasteiger partial charge in [0, 0.05) is 6.92 Å². The van der Waals surface area contributed by atoms with E-state index in [-0.39, 0.29) is 11.5 Å². The summed E-state index contributed by atoms with van der Waals surface area (Å²) < 4.78 is 40.2. The van der Waals surface area contributed by atoms with Crippen LogP contribution in [-0.4, -0.2) is 5.97 Å². The number of carbonyl (C=O) groups is 1. The lowest BCUT2D eigenvalue weighted by molar-refractivity contribution is -0.137. The van der Waals surface area contributed by atoms with Gasteiger partial charge in [0.1, 0.15) is 0 Å². The van der Waals surface area contributed by atoms with Crippen LogP contribution in [0.15, 0.2) is 37.1 Å². The summed E-state index contributed by atoms with van der Waals surface area (Å²) in [5.74, 6) is -0.329. The minimum Gasteiger partial charge on any atom is -0.435 e. The highest BCUT2D eigenvalue weighted by Crippen LogP contribution is 2.29. The average Bonchev–Trinajstić information content (AvgIpc) is 2.28. The molecule has 96 valence electrons. The van der Waals surface area contributed by atoms with Gasteiger partial charge in [-0.3, -0.25) is 4.79 Å². The lowest BCUT2D eigenvalue weighted by atomic mass is 10.1. The third kappa shape index (κ3) is 6.33. The van der Waals surface area contributed by atoms with Gasteiger partial charge in [0.2, 0.25) is 0 Å². The molecule has 0 spiro atoms. The van der Waals surface area contributed by atoms with Gasteiger partial charge in [-0.05, 0) is 18.2 Å². The first-order valence-electron chi connectivity index (χ1n) is 4.66. The Morgan fingerprint density at radius 1 is 1.50 bits per heavy atom. The van der Waals surface area contributed by atoms with E-state index in [9.17, 15) is 18.0 Å². The molecule has 0 N–H and O–H groups in total. The van der Waals surface area contributed by atoms with Crippen LogP contribution >= 0.6 is 0 Å². The second-order valence-electron chi connectivity index (χ2n) is 2.97. The molecule has 0 fully saturated rings. The SMILES string of the molecule is C=COC(C)=O.N#Cc1cccc(C(F)(F)F)c1. The molecule has 0 aliphatic heterocycles. The van der Waals surface area contributed by atoms with Crippen LogP contribution in [0.1, 0.15) is 18.1 Å². The zero-order valence-corrected chi connectivity index (χ0v) is 9.49. The summed E-state index contributed by atoms with van der Waals surface area (Å²) >= 11 is 0. The highest BCUT2D eigenvalue weighted by atomic mass is 19.4. The molecule has 0 amide bonds. The molecule has 1 aromatic rings. The molecule has 0 saturated heterocycles. The standard InChI is InChI=1S/C8H4F3N.C4H6O2/c9-8(10,11)7-3-1-2-6(4-7)5-12;1-3-6-4(2)5/h1-4H;3H,1H2,2H3. The zero-order valence-electron chi connectivity index (χ0n) is 9.49. The van der Waals surface area contributed by atoms with E-state index in [1.807, 2.05) is 0 Å². The van der Waals surface area contributed by atoms with Crippen LogP contribution in [0, 0.1) is 11.3 Å². The summed E-state index contributed by atoms with van der Waals surface area (Å²) in [6, 6.07) is 5.93. The summed E-state index contributed by atoms with van der Waals surface area (Å²) in [7, 11) is 0. The number of nitrogens with zero attached hydrogens (tertiary/aromatic N) is 1. The van der Waals surface area contributed by atoms with Gasteiger partial charge in [-0.25, -0.2) is 0 Å². The van der Waals surface area contributed by atoms with E-state index in [1.165, 1.54) is 19.1 Å².